The molecule has 88 valence electrons. The first-order valence-electron chi connectivity index (χ1n) is 5.15. The second kappa shape index (κ2) is 7.23. The Kier molecular flexibility index (Phi) is 6.70. The number of esters is 1. The summed E-state index contributed by atoms with van der Waals surface area (Å²) >= 11 is 0. The highest BCUT2D eigenvalue weighted by Crippen LogP contribution is 2.01. The number of amides is 1. The van der Waals surface area contributed by atoms with E-state index in [1.165, 1.54) is 6.92 Å². The van der Waals surface area contributed by atoms with E-state index >= 15 is 0 Å². The van der Waals surface area contributed by atoms with Crippen LogP contribution in [-0.4, -0.2) is 30.6 Å². The number of rotatable bonds is 6. The van der Waals surface area contributed by atoms with Crippen LogP contribution >= 0.6 is 0 Å². The fraction of sp³-hybridized carbons (Fsp3) is 0.800. The number of carbonyl (C=O) groups is 2. The van der Waals surface area contributed by atoms with Crippen molar-refractivity contribution >= 4 is 11.9 Å². The zero-order valence-electron chi connectivity index (χ0n) is 9.58. The molecule has 0 aromatic rings. The Morgan fingerprint density at radius 1 is 1.40 bits per heavy atom. The number of nitrogens with two attached hydrogens (primary N) is 1. The van der Waals surface area contributed by atoms with Gasteiger partial charge in [-0.3, -0.25) is 4.79 Å². The van der Waals surface area contributed by atoms with Crippen LogP contribution in [0.1, 0.15) is 33.6 Å². The monoisotopic (exact) mass is 216 g/mol. The van der Waals surface area contributed by atoms with Crippen molar-refractivity contribution in [3.05, 3.63) is 0 Å². The van der Waals surface area contributed by atoms with Crippen LogP contribution in [0.25, 0.3) is 0 Å². The molecule has 1 unspecified atom stereocenters. The van der Waals surface area contributed by atoms with E-state index in [0.29, 0.717) is 19.4 Å². The molecule has 0 spiro atoms. The Balaban J connectivity index is 4.20. The smallest absolute Gasteiger partial charge is 0.328 e. The molecule has 5 heteroatoms. The van der Waals surface area contributed by atoms with E-state index in [4.69, 9.17) is 10.5 Å². The molecule has 0 rings (SSSR count). The van der Waals surface area contributed by atoms with Crippen molar-refractivity contribution in [1.29, 1.82) is 0 Å². The van der Waals surface area contributed by atoms with E-state index in [1.807, 2.05) is 0 Å². The van der Waals surface area contributed by atoms with Crippen LogP contribution in [0.3, 0.4) is 0 Å². The highest BCUT2D eigenvalue weighted by atomic mass is 16.5. The fourth-order valence-electron chi connectivity index (χ4n) is 1.13. The Hall–Kier alpha value is -1.10. The predicted octanol–water partition coefficient (Wildman–Crippen LogP) is 0.182. The molecule has 0 bridgehead atoms. The lowest BCUT2D eigenvalue weighted by Gasteiger charge is -2.17. The van der Waals surface area contributed by atoms with E-state index in [0.717, 1.165) is 0 Å². The van der Waals surface area contributed by atoms with Gasteiger partial charge in [0, 0.05) is 6.92 Å². The number of nitrogens with one attached hydrogen (secondary N) is 1. The van der Waals surface area contributed by atoms with Gasteiger partial charge >= 0.3 is 5.97 Å². The van der Waals surface area contributed by atoms with Crippen molar-refractivity contribution < 1.29 is 14.3 Å². The highest BCUT2D eigenvalue weighted by molar-refractivity contribution is 5.83. The van der Waals surface area contributed by atoms with Crippen molar-refractivity contribution in [1.82, 2.24) is 5.32 Å². The van der Waals surface area contributed by atoms with Crippen LogP contribution in [0.15, 0.2) is 0 Å². The second-order valence-electron chi connectivity index (χ2n) is 3.67. The molecule has 15 heavy (non-hydrogen) atoms. The topological polar surface area (TPSA) is 81.4 Å². The molecule has 0 aliphatic heterocycles. The standard InChI is InChI=1S/C10H20N2O3/c1-7(2)15-10(14)9(5-4-6-11)12-8(3)13/h7,9H,4-6,11H2,1-3H3,(H,12,13). The number of hydrogen-bond donors (Lipinski definition) is 2. The summed E-state index contributed by atoms with van der Waals surface area (Å²) in [6.07, 6.45) is 1.02. The minimum absolute atomic E-state index is 0.174. The lowest BCUT2D eigenvalue weighted by atomic mass is 10.1. The Morgan fingerprint density at radius 2 is 2.00 bits per heavy atom. The molecule has 0 aliphatic rings. The maximum atomic E-state index is 11.5. The summed E-state index contributed by atoms with van der Waals surface area (Å²) in [6, 6.07) is -0.576. The molecule has 1 atom stereocenters. The maximum Gasteiger partial charge on any atom is 0.328 e. The first-order chi connectivity index (χ1) is 6.97. The molecule has 0 heterocycles. The number of ether oxygens (including phenoxy) is 1. The zero-order valence-corrected chi connectivity index (χ0v) is 9.58. The van der Waals surface area contributed by atoms with Crippen molar-refractivity contribution in [2.45, 2.75) is 45.8 Å². The molecular formula is C10H20N2O3. The average Bonchev–Trinajstić information content (AvgIpc) is 2.10. The molecule has 5 nitrogen and oxygen atoms in total. The average molecular weight is 216 g/mol. The Bertz CT molecular complexity index is 217. The number of carbonyl (C=O) groups excluding carboxylic acids is 2. The third kappa shape index (κ3) is 6.90. The molecule has 0 fully saturated rings. The third-order valence-corrected chi connectivity index (χ3v) is 1.71. The van der Waals surface area contributed by atoms with E-state index < -0.39 is 12.0 Å². The second-order valence-corrected chi connectivity index (χ2v) is 3.67. The largest absolute Gasteiger partial charge is 0.461 e. The molecule has 0 saturated heterocycles. The van der Waals surface area contributed by atoms with Gasteiger partial charge < -0.3 is 15.8 Å². The van der Waals surface area contributed by atoms with E-state index in [2.05, 4.69) is 5.32 Å². The molecular weight excluding hydrogens is 196 g/mol. The first kappa shape index (κ1) is 13.9. The van der Waals surface area contributed by atoms with Crippen LogP contribution < -0.4 is 11.1 Å². The van der Waals surface area contributed by atoms with Crippen molar-refractivity contribution in [2.24, 2.45) is 5.73 Å². The van der Waals surface area contributed by atoms with E-state index in [-0.39, 0.29) is 12.0 Å². The quantitative estimate of drug-likeness (QED) is 0.621. The van der Waals surface area contributed by atoms with Crippen molar-refractivity contribution in [3.63, 3.8) is 0 Å². The van der Waals surface area contributed by atoms with E-state index in [1.54, 1.807) is 13.8 Å². The summed E-state index contributed by atoms with van der Waals surface area (Å²) in [6.45, 7) is 5.40. The van der Waals surface area contributed by atoms with Crippen LogP contribution in [-0.2, 0) is 14.3 Å². The molecule has 0 aromatic heterocycles. The van der Waals surface area contributed by atoms with Gasteiger partial charge in [0.15, 0.2) is 0 Å². The molecule has 3 N–H and O–H groups in total. The summed E-state index contributed by atoms with van der Waals surface area (Å²) < 4.78 is 5.02. The van der Waals surface area contributed by atoms with Gasteiger partial charge in [-0.2, -0.15) is 0 Å². The zero-order chi connectivity index (χ0) is 11.8. The number of hydrogen-bond acceptors (Lipinski definition) is 4. The van der Waals surface area contributed by atoms with Gasteiger partial charge in [-0.05, 0) is 33.2 Å². The Labute approximate surface area is 90.4 Å². The highest BCUT2D eigenvalue weighted by Gasteiger charge is 2.20. The van der Waals surface area contributed by atoms with Gasteiger partial charge in [0.1, 0.15) is 6.04 Å². The third-order valence-electron chi connectivity index (χ3n) is 1.71. The maximum absolute atomic E-state index is 11.5. The van der Waals surface area contributed by atoms with Gasteiger partial charge in [-0.25, -0.2) is 4.79 Å². The van der Waals surface area contributed by atoms with E-state index in [9.17, 15) is 9.59 Å². The minimum atomic E-state index is -0.576. The summed E-state index contributed by atoms with van der Waals surface area (Å²) in [5, 5.41) is 2.55. The van der Waals surface area contributed by atoms with Crippen LogP contribution in [0, 0.1) is 0 Å². The van der Waals surface area contributed by atoms with Gasteiger partial charge in [0.05, 0.1) is 6.10 Å². The fourth-order valence-corrected chi connectivity index (χ4v) is 1.13. The molecule has 0 radical (unpaired) electrons. The van der Waals surface area contributed by atoms with Gasteiger partial charge in [-0.15, -0.1) is 0 Å². The normalized spacial score (nSPS) is 12.3. The molecule has 0 aliphatic carbocycles. The lowest BCUT2D eigenvalue weighted by Crippen LogP contribution is -2.41. The SMILES string of the molecule is CC(=O)NC(CCCN)C(=O)OC(C)C. The van der Waals surface area contributed by atoms with Gasteiger partial charge in [0.2, 0.25) is 5.91 Å². The predicted molar refractivity (Wildman–Crippen MR) is 57.1 cm³/mol. The minimum Gasteiger partial charge on any atom is -0.461 e. The Morgan fingerprint density at radius 3 is 2.40 bits per heavy atom. The van der Waals surface area contributed by atoms with Crippen LogP contribution in [0.5, 0.6) is 0 Å². The van der Waals surface area contributed by atoms with Crippen LogP contribution in [0.4, 0.5) is 0 Å². The summed E-state index contributed by atoms with van der Waals surface area (Å²) in [5.41, 5.74) is 5.34. The lowest BCUT2D eigenvalue weighted by molar-refractivity contribution is -0.151. The summed E-state index contributed by atoms with van der Waals surface area (Å²) in [7, 11) is 0. The van der Waals surface area contributed by atoms with Gasteiger partial charge in [0.25, 0.3) is 0 Å². The molecule has 0 saturated carbocycles. The van der Waals surface area contributed by atoms with Crippen molar-refractivity contribution in [2.75, 3.05) is 6.54 Å². The van der Waals surface area contributed by atoms with Crippen LogP contribution in [0.2, 0.25) is 0 Å². The van der Waals surface area contributed by atoms with Gasteiger partial charge in [-0.1, -0.05) is 0 Å². The summed E-state index contributed by atoms with van der Waals surface area (Å²) in [5.74, 6) is -0.633. The van der Waals surface area contributed by atoms with Crippen molar-refractivity contribution in [3.8, 4) is 0 Å². The first-order valence-corrected chi connectivity index (χ1v) is 5.15. The molecule has 1 amide bonds. The summed E-state index contributed by atoms with van der Waals surface area (Å²) in [4.78, 5) is 22.4. The molecule has 0 aromatic carbocycles.